The zero-order valence-electron chi connectivity index (χ0n) is 10.4. The standard InChI is InChI=1S/C14H22N2/c1-14(2,10-6-7-10)16-9-8-11-12(15)4-3-5-13(11)16/h8-10,12H,3-7,15H2,1-2H3. The normalized spacial score (nSPS) is 25.6. The molecule has 3 rings (SSSR count). The Hall–Kier alpha value is -0.760. The van der Waals surface area contributed by atoms with E-state index in [4.69, 9.17) is 5.73 Å². The van der Waals surface area contributed by atoms with Gasteiger partial charge in [0.2, 0.25) is 0 Å². The smallest absolute Gasteiger partial charge is 0.0414 e. The molecule has 2 heteroatoms. The Morgan fingerprint density at radius 2 is 2.06 bits per heavy atom. The van der Waals surface area contributed by atoms with E-state index in [0.717, 1.165) is 12.3 Å². The fourth-order valence-corrected chi connectivity index (χ4v) is 3.25. The van der Waals surface area contributed by atoms with Gasteiger partial charge in [-0.15, -0.1) is 0 Å². The summed E-state index contributed by atoms with van der Waals surface area (Å²) in [5, 5.41) is 0. The average Bonchev–Trinajstić information content (AvgIpc) is 2.99. The molecule has 1 saturated carbocycles. The van der Waals surface area contributed by atoms with Crippen LogP contribution in [0.25, 0.3) is 0 Å². The molecule has 0 radical (unpaired) electrons. The molecule has 0 saturated heterocycles. The maximum atomic E-state index is 6.18. The summed E-state index contributed by atoms with van der Waals surface area (Å²) < 4.78 is 2.51. The summed E-state index contributed by atoms with van der Waals surface area (Å²) in [4.78, 5) is 0. The van der Waals surface area contributed by atoms with E-state index in [9.17, 15) is 0 Å². The summed E-state index contributed by atoms with van der Waals surface area (Å²) in [5.74, 6) is 0.877. The third-order valence-electron chi connectivity index (χ3n) is 4.55. The second kappa shape index (κ2) is 3.36. The number of rotatable bonds is 2. The van der Waals surface area contributed by atoms with Crippen molar-refractivity contribution in [1.29, 1.82) is 0 Å². The molecule has 2 N–H and O–H groups in total. The Balaban J connectivity index is 2.02. The molecule has 2 aliphatic rings. The van der Waals surface area contributed by atoms with Crippen molar-refractivity contribution >= 4 is 0 Å². The van der Waals surface area contributed by atoms with Crippen LogP contribution in [-0.2, 0) is 12.0 Å². The van der Waals surface area contributed by atoms with E-state index in [-0.39, 0.29) is 6.04 Å². The highest BCUT2D eigenvalue weighted by atomic mass is 15.1. The lowest BCUT2D eigenvalue weighted by Gasteiger charge is -2.32. The number of aromatic nitrogens is 1. The first-order valence-corrected chi connectivity index (χ1v) is 6.57. The van der Waals surface area contributed by atoms with E-state index < -0.39 is 0 Å². The minimum absolute atomic E-state index is 0.278. The fraction of sp³-hybridized carbons (Fsp3) is 0.714. The van der Waals surface area contributed by atoms with Crippen LogP contribution in [-0.4, -0.2) is 4.57 Å². The molecule has 88 valence electrons. The topological polar surface area (TPSA) is 30.9 Å². The molecule has 2 nitrogen and oxygen atoms in total. The van der Waals surface area contributed by atoms with Gasteiger partial charge in [0.05, 0.1) is 0 Å². The maximum absolute atomic E-state index is 6.18. The second-order valence-electron chi connectivity index (χ2n) is 6.01. The van der Waals surface area contributed by atoms with Gasteiger partial charge in [0, 0.05) is 23.5 Å². The highest BCUT2D eigenvalue weighted by Gasteiger charge is 2.40. The van der Waals surface area contributed by atoms with Crippen molar-refractivity contribution in [3.63, 3.8) is 0 Å². The van der Waals surface area contributed by atoms with Gasteiger partial charge in [-0.3, -0.25) is 0 Å². The van der Waals surface area contributed by atoms with Crippen molar-refractivity contribution < 1.29 is 0 Å². The Bertz CT molecular complexity index is 399. The first kappa shape index (κ1) is 10.4. The van der Waals surface area contributed by atoms with Gasteiger partial charge in [-0.2, -0.15) is 0 Å². The van der Waals surface area contributed by atoms with Gasteiger partial charge >= 0.3 is 0 Å². The van der Waals surface area contributed by atoms with Crippen LogP contribution in [0.1, 0.15) is 56.8 Å². The van der Waals surface area contributed by atoms with Crippen molar-refractivity contribution in [2.45, 2.75) is 57.5 Å². The third-order valence-corrected chi connectivity index (χ3v) is 4.55. The number of nitrogens with zero attached hydrogens (tertiary/aromatic N) is 1. The Kier molecular flexibility index (Phi) is 2.19. The summed E-state index contributed by atoms with van der Waals surface area (Å²) in [6.07, 6.45) is 8.68. The molecular weight excluding hydrogens is 196 g/mol. The van der Waals surface area contributed by atoms with Crippen molar-refractivity contribution in [3.8, 4) is 0 Å². The number of hydrogen-bond donors (Lipinski definition) is 1. The highest BCUT2D eigenvalue weighted by molar-refractivity contribution is 5.30. The lowest BCUT2D eigenvalue weighted by molar-refractivity contribution is 0.293. The Labute approximate surface area is 97.8 Å². The van der Waals surface area contributed by atoms with Gasteiger partial charge in [0.1, 0.15) is 0 Å². The summed E-state index contributed by atoms with van der Waals surface area (Å²) >= 11 is 0. The van der Waals surface area contributed by atoms with E-state index in [2.05, 4.69) is 30.7 Å². The molecule has 1 aromatic rings. The zero-order chi connectivity index (χ0) is 11.3. The molecular formula is C14H22N2. The first-order chi connectivity index (χ1) is 7.60. The van der Waals surface area contributed by atoms with E-state index in [1.165, 1.54) is 36.9 Å². The Morgan fingerprint density at radius 3 is 2.75 bits per heavy atom. The first-order valence-electron chi connectivity index (χ1n) is 6.57. The van der Waals surface area contributed by atoms with E-state index >= 15 is 0 Å². The van der Waals surface area contributed by atoms with Gasteiger partial charge in [0.25, 0.3) is 0 Å². The predicted octanol–water partition coefficient (Wildman–Crippen LogP) is 2.97. The number of nitrogens with two attached hydrogens (primary N) is 1. The van der Waals surface area contributed by atoms with Crippen molar-refractivity contribution in [1.82, 2.24) is 4.57 Å². The molecule has 1 unspecified atom stereocenters. The third kappa shape index (κ3) is 1.43. The van der Waals surface area contributed by atoms with Crippen LogP contribution in [0.5, 0.6) is 0 Å². The number of fused-ring (bicyclic) bond motifs is 1. The van der Waals surface area contributed by atoms with Crippen LogP contribution in [0.3, 0.4) is 0 Å². The summed E-state index contributed by atoms with van der Waals surface area (Å²) in [5.41, 5.74) is 9.39. The van der Waals surface area contributed by atoms with Crippen LogP contribution in [0.15, 0.2) is 12.3 Å². The number of hydrogen-bond acceptors (Lipinski definition) is 1. The summed E-state index contributed by atoms with van der Waals surface area (Å²) in [7, 11) is 0. The minimum atomic E-state index is 0.278. The van der Waals surface area contributed by atoms with Crippen molar-refractivity contribution in [3.05, 3.63) is 23.5 Å². The quantitative estimate of drug-likeness (QED) is 0.813. The molecule has 0 aromatic carbocycles. The van der Waals surface area contributed by atoms with Gasteiger partial charge in [0.15, 0.2) is 0 Å². The summed E-state index contributed by atoms with van der Waals surface area (Å²) in [6, 6.07) is 2.53. The Morgan fingerprint density at radius 1 is 1.31 bits per heavy atom. The van der Waals surface area contributed by atoms with Crippen LogP contribution >= 0.6 is 0 Å². The largest absolute Gasteiger partial charge is 0.345 e. The lowest BCUT2D eigenvalue weighted by atomic mass is 9.91. The van der Waals surface area contributed by atoms with Crippen LogP contribution in [0, 0.1) is 5.92 Å². The molecule has 1 heterocycles. The molecule has 0 aliphatic heterocycles. The van der Waals surface area contributed by atoms with Crippen LogP contribution in [0.4, 0.5) is 0 Å². The van der Waals surface area contributed by atoms with E-state index in [0.29, 0.717) is 5.54 Å². The summed E-state index contributed by atoms with van der Waals surface area (Å²) in [6.45, 7) is 4.76. The average molecular weight is 218 g/mol. The molecule has 2 aliphatic carbocycles. The monoisotopic (exact) mass is 218 g/mol. The second-order valence-corrected chi connectivity index (χ2v) is 6.01. The minimum Gasteiger partial charge on any atom is -0.345 e. The maximum Gasteiger partial charge on any atom is 0.0414 e. The molecule has 16 heavy (non-hydrogen) atoms. The molecule has 1 fully saturated rings. The molecule has 1 aromatic heterocycles. The van der Waals surface area contributed by atoms with E-state index in [1.54, 1.807) is 0 Å². The molecule has 0 spiro atoms. The van der Waals surface area contributed by atoms with Crippen LogP contribution < -0.4 is 5.73 Å². The SMILES string of the molecule is CC(C)(C1CC1)n1ccc2c1CCCC2N. The van der Waals surface area contributed by atoms with Gasteiger partial charge in [-0.05, 0) is 63.5 Å². The van der Waals surface area contributed by atoms with Crippen molar-refractivity contribution in [2.24, 2.45) is 11.7 Å². The fourth-order valence-electron chi connectivity index (χ4n) is 3.25. The predicted molar refractivity (Wildman–Crippen MR) is 66.3 cm³/mol. The van der Waals surface area contributed by atoms with Gasteiger partial charge in [-0.25, -0.2) is 0 Å². The molecule has 1 atom stereocenters. The lowest BCUT2D eigenvalue weighted by Crippen LogP contribution is -2.31. The van der Waals surface area contributed by atoms with Gasteiger partial charge in [-0.1, -0.05) is 0 Å². The molecule has 0 bridgehead atoms. The zero-order valence-corrected chi connectivity index (χ0v) is 10.4. The molecule has 0 amide bonds. The van der Waals surface area contributed by atoms with Crippen molar-refractivity contribution in [2.75, 3.05) is 0 Å². The van der Waals surface area contributed by atoms with E-state index in [1.807, 2.05) is 0 Å². The van der Waals surface area contributed by atoms with Gasteiger partial charge < -0.3 is 10.3 Å². The highest BCUT2D eigenvalue weighted by Crippen LogP contribution is 2.45. The van der Waals surface area contributed by atoms with Crippen LogP contribution in [0.2, 0.25) is 0 Å².